The summed E-state index contributed by atoms with van der Waals surface area (Å²) >= 11 is 6.31. The molecule has 1 heterocycles. The van der Waals surface area contributed by atoms with Crippen molar-refractivity contribution in [1.82, 2.24) is 0 Å². The summed E-state index contributed by atoms with van der Waals surface area (Å²) in [6.07, 6.45) is 0.570. The van der Waals surface area contributed by atoms with Gasteiger partial charge in [0.2, 0.25) is 0 Å². The Morgan fingerprint density at radius 3 is 2.80 bits per heavy atom. The van der Waals surface area contributed by atoms with E-state index >= 15 is 0 Å². The van der Waals surface area contributed by atoms with Crippen LogP contribution in [0.4, 0.5) is 5.69 Å². The summed E-state index contributed by atoms with van der Waals surface area (Å²) in [7, 11) is 0. The van der Waals surface area contributed by atoms with E-state index in [1.165, 1.54) is 0 Å². The fraction of sp³-hybridized carbons (Fsp3) is 0.235. The van der Waals surface area contributed by atoms with Gasteiger partial charge in [0, 0.05) is 35.8 Å². The SMILES string of the molecule is Cc1ccc(CN2CCC(=O)c3ccccc32)c(Cl)c1. The van der Waals surface area contributed by atoms with Gasteiger partial charge in [-0.05, 0) is 36.2 Å². The maximum Gasteiger partial charge on any atom is 0.166 e. The van der Waals surface area contributed by atoms with E-state index in [9.17, 15) is 4.79 Å². The topological polar surface area (TPSA) is 20.3 Å². The first-order chi connectivity index (χ1) is 9.65. The largest absolute Gasteiger partial charge is 0.366 e. The lowest BCUT2D eigenvalue weighted by atomic mass is 9.99. The van der Waals surface area contributed by atoms with E-state index < -0.39 is 0 Å². The second-order valence-electron chi connectivity index (χ2n) is 5.21. The van der Waals surface area contributed by atoms with Crippen molar-refractivity contribution in [3.63, 3.8) is 0 Å². The number of hydrogen-bond donors (Lipinski definition) is 0. The molecule has 3 rings (SSSR count). The minimum atomic E-state index is 0.229. The highest BCUT2D eigenvalue weighted by Crippen LogP contribution is 2.29. The van der Waals surface area contributed by atoms with Crippen LogP contribution in [0.5, 0.6) is 0 Å². The molecule has 0 unspecified atom stereocenters. The van der Waals surface area contributed by atoms with Gasteiger partial charge in [-0.3, -0.25) is 4.79 Å². The van der Waals surface area contributed by atoms with Gasteiger partial charge in [-0.2, -0.15) is 0 Å². The molecule has 0 spiro atoms. The Labute approximate surface area is 124 Å². The number of halogens is 1. The van der Waals surface area contributed by atoms with Gasteiger partial charge in [-0.25, -0.2) is 0 Å². The van der Waals surface area contributed by atoms with Crippen molar-refractivity contribution in [3.8, 4) is 0 Å². The molecule has 0 bridgehead atoms. The second kappa shape index (κ2) is 5.29. The highest BCUT2D eigenvalue weighted by molar-refractivity contribution is 6.31. The fourth-order valence-electron chi connectivity index (χ4n) is 2.63. The zero-order valence-electron chi connectivity index (χ0n) is 11.4. The number of Topliss-reactive ketones (excluding diaryl/α,β-unsaturated/α-hetero) is 1. The number of para-hydroxylation sites is 1. The summed E-state index contributed by atoms with van der Waals surface area (Å²) in [5.74, 6) is 0.229. The number of aryl methyl sites for hydroxylation is 1. The number of hydrogen-bond acceptors (Lipinski definition) is 2. The van der Waals surface area contributed by atoms with Crippen LogP contribution >= 0.6 is 11.6 Å². The Balaban J connectivity index is 1.92. The van der Waals surface area contributed by atoms with E-state index in [0.717, 1.165) is 40.5 Å². The van der Waals surface area contributed by atoms with Crippen molar-refractivity contribution in [1.29, 1.82) is 0 Å². The number of carbonyl (C=O) groups excluding carboxylic acids is 1. The molecular formula is C17H16ClNO. The molecule has 0 atom stereocenters. The van der Waals surface area contributed by atoms with E-state index in [-0.39, 0.29) is 5.78 Å². The van der Waals surface area contributed by atoms with Gasteiger partial charge in [0.1, 0.15) is 0 Å². The standard InChI is InChI=1S/C17H16ClNO/c1-12-6-7-13(15(18)10-12)11-19-9-8-17(20)14-4-2-3-5-16(14)19/h2-7,10H,8-9,11H2,1H3. The Morgan fingerprint density at radius 1 is 1.20 bits per heavy atom. The molecule has 102 valence electrons. The molecule has 20 heavy (non-hydrogen) atoms. The normalized spacial score (nSPS) is 14.3. The minimum Gasteiger partial charge on any atom is -0.366 e. The third-order valence-corrected chi connectivity index (χ3v) is 4.08. The summed E-state index contributed by atoms with van der Waals surface area (Å²) in [6, 6.07) is 13.9. The zero-order valence-corrected chi connectivity index (χ0v) is 12.2. The van der Waals surface area contributed by atoms with Crippen molar-refractivity contribution < 1.29 is 4.79 Å². The quantitative estimate of drug-likeness (QED) is 0.822. The van der Waals surface area contributed by atoms with Gasteiger partial charge in [-0.15, -0.1) is 0 Å². The zero-order chi connectivity index (χ0) is 14.1. The van der Waals surface area contributed by atoms with Crippen LogP contribution in [0.1, 0.15) is 27.9 Å². The molecule has 0 saturated carbocycles. The van der Waals surface area contributed by atoms with Gasteiger partial charge in [0.05, 0.1) is 0 Å². The average molecular weight is 286 g/mol. The summed E-state index contributed by atoms with van der Waals surface area (Å²) in [5.41, 5.74) is 4.09. The number of nitrogens with zero attached hydrogens (tertiary/aromatic N) is 1. The van der Waals surface area contributed by atoms with Crippen molar-refractivity contribution in [3.05, 3.63) is 64.2 Å². The van der Waals surface area contributed by atoms with Crippen LogP contribution in [0.15, 0.2) is 42.5 Å². The van der Waals surface area contributed by atoms with E-state index in [0.29, 0.717) is 6.42 Å². The first kappa shape index (κ1) is 13.2. The molecule has 1 aliphatic heterocycles. The lowest BCUT2D eigenvalue weighted by Crippen LogP contribution is -2.31. The molecule has 2 aromatic rings. The molecule has 2 aromatic carbocycles. The molecule has 0 radical (unpaired) electrons. The van der Waals surface area contributed by atoms with Gasteiger partial charge in [0.15, 0.2) is 5.78 Å². The lowest BCUT2D eigenvalue weighted by molar-refractivity contribution is 0.0979. The van der Waals surface area contributed by atoms with Gasteiger partial charge < -0.3 is 4.90 Å². The smallest absolute Gasteiger partial charge is 0.166 e. The first-order valence-electron chi connectivity index (χ1n) is 6.77. The van der Waals surface area contributed by atoms with Crippen LogP contribution in [-0.2, 0) is 6.54 Å². The summed E-state index contributed by atoms with van der Waals surface area (Å²) in [5, 5.41) is 0.791. The van der Waals surface area contributed by atoms with Crippen LogP contribution in [-0.4, -0.2) is 12.3 Å². The van der Waals surface area contributed by atoms with Crippen LogP contribution in [0.25, 0.3) is 0 Å². The number of ketones is 1. The van der Waals surface area contributed by atoms with Crippen molar-refractivity contribution in [2.24, 2.45) is 0 Å². The maximum atomic E-state index is 11.9. The number of fused-ring (bicyclic) bond motifs is 1. The molecular weight excluding hydrogens is 270 g/mol. The van der Waals surface area contributed by atoms with E-state index in [4.69, 9.17) is 11.6 Å². The third-order valence-electron chi connectivity index (χ3n) is 3.72. The molecule has 0 saturated heterocycles. The van der Waals surface area contributed by atoms with Crippen LogP contribution in [0.3, 0.4) is 0 Å². The summed E-state index contributed by atoms with van der Waals surface area (Å²) in [6.45, 7) is 3.52. The fourth-order valence-corrected chi connectivity index (χ4v) is 2.92. The van der Waals surface area contributed by atoms with E-state index in [1.54, 1.807) is 0 Å². The molecule has 0 aromatic heterocycles. The van der Waals surface area contributed by atoms with Crippen molar-refractivity contribution in [2.75, 3.05) is 11.4 Å². The second-order valence-corrected chi connectivity index (χ2v) is 5.61. The summed E-state index contributed by atoms with van der Waals surface area (Å²) in [4.78, 5) is 14.2. The number of rotatable bonds is 2. The van der Waals surface area contributed by atoms with E-state index in [1.807, 2.05) is 37.3 Å². The Hall–Kier alpha value is -1.80. The molecule has 0 N–H and O–H groups in total. The number of anilines is 1. The molecule has 3 heteroatoms. The van der Waals surface area contributed by atoms with E-state index in [2.05, 4.69) is 17.0 Å². The number of carbonyl (C=O) groups is 1. The van der Waals surface area contributed by atoms with Gasteiger partial charge >= 0.3 is 0 Å². The lowest BCUT2D eigenvalue weighted by Gasteiger charge is -2.30. The van der Waals surface area contributed by atoms with Crippen LogP contribution < -0.4 is 4.90 Å². The van der Waals surface area contributed by atoms with Gasteiger partial charge in [-0.1, -0.05) is 35.9 Å². The first-order valence-corrected chi connectivity index (χ1v) is 7.15. The Bertz CT molecular complexity index is 666. The van der Waals surface area contributed by atoms with Crippen molar-refractivity contribution in [2.45, 2.75) is 19.9 Å². The maximum absolute atomic E-state index is 11.9. The Morgan fingerprint density at radius 2 is 2.00 bits per heavy atom. The molecule has 0 aliphatic carbocycles. The van der Waals surface area contributed by atoms with Crippen molar-refractivity contribution >= 4 is 23.1 Å². The molecule has 0 amide bonds. The predicted octanol–water partition coefficient (Wildman–Crippen LogP) is 4.24. The monoisotopic (exact) mass is 285 g/mol. The minimum absolute atomic E-state index is 0.229. The highest BCUT2D eigenvalue weighted by Gasteiger charge is 2.22. The van der Waals surface area contributed by atoms with Gasteiger partial charge in [0.25, 0.3) is 0 Å². The molecule has 1 aliphatic rings. The molecule has 2 nitrogen and oxygen atoms in total. The Kier molecular flexibility index (Phi) is 3.49. The number of benzene rings is 2. The molecule has 0 fully saturated rings. The highest BCUT2D eigenvalue weighted by atomic mass is 35.5. The van der Waals surface area contributed by atoms with Crippen LogP contribution in [0.2, 0.25) is 5.02 Å². The van der Waals surface area contributed by atoms with Crippen LogP contribution in [0, 0.1) is 6.92 Å². The third kappa shape index (κ3) is 2.44. The predicted molar refractivity (Wildman–Crippen MR) is 82.6 cm³/mol. The average Bonchev–Trinajstić information content (AvgIpc) is 2.45. The summed E-state index contributed by atoms with van der Waals surface area (Å²) < 4.78 is 0.